The Balaban J connectivity index is 3.64. The number of aliphatic hydroxyl groups is 1. The number of hydrogen-bond acceptors (Lipinski definition) is 3. The van der Waals surface area contributed by atoms with E-state index in [0.29, 0.717) is 0 Å². The normalized spacial score (nSPS) is 15.6. The van der Waals surface area contributed by atoms with Crippen molar-refractivity contribution in [1.82, 2.24) is 0 Å². The van der Waals surface area contributed by atoms with Gasteiger partial charge in [-0.2, -0.15) is 0 Å². The summed E-state index contributed by atoms with van der Waals surface area (Å²) < 4.78 is 5.73. The van der Waals surface area contributed by atoms with Crippen LogP contribution in [0.5, 0.6) is 0 Å². The Bertz CT molecular complexity index is 125. The van der Waals surface area contributed by atoms with Crippen LogP contribution in [0.25, 0.3) is 0 Å². The molecule has 0 saturated carbocycles. The fraction of sp³-hybridized carbons (Fsp3) is 0.857. The molecule has 11 heavy (non-hydrogen) atoms. The minimum absolute atomic E-state index is 0.0278. The fourth-order valence-corrected chi connectivity index (χ4v) is 2.56. The number of aliphatic hydroxyl groups excluding tert-OH is 1. The molecule has 0 aliphatic carbocycles. The van der Waals surface area contributed by atoms with E-state index in [9.17, 15) is 4.79 Å². The third kappa shape index (κ3) is 5.49. The second kappa shape index (κ2) is 5.82. The van der Waals surface area contributed by atoms with Gasteiger partial charge in [0.2, 0.25) is 0 Å². The van der Waals surface area contributed by atoms with E-state index in [1.165, 1.54) is 6.92 Å². The van der Waals surface area contributed by atoms with Crippen molar-refractivity contribution >= 4 is 26.9 Å². The maximum atomic E-state index is 11.0. The molecule has 0 amide bonds. The van der Waals surface area contributed by atoms with Crippen LogP contribution < -0.4 is 0 Å². The van der Waals surface area contributed by atoms with E-state index in [1.54, 1.807) is 0 Å². The summed E-state index contributed by atoms with van der Waals surface area (Å²) in [4.78, 5) is 11.0. The first kappa shape index (κ1) is 11.2. The maximum absolute atomic E-state index is 11.0. The Hall–Kier alpha value is 0.220. The molecule has 0 aliphatic rings. The van der Waals surface area contributed by atoms with Gasteiger partial charge in [-0.25, -0.2) is 0 Å². The SMILES string of the molecule is CC[Te]C(C)C(=O)OC(C)O. The molecule has 1 N–H and O–H groups in total. The summed E-state index contributed by atoms with van der Waals surface area (Å²) in [5, 5.41) is 8.71. The summed E-state index contributed by atoms with van der Waals surface area (Å²) in [5.41, 5.74) is 0. The molecule has 66 valence electrons. The number of rotatable bonds is 4. The Labute approximate surface area is 77.2 Å². The molecule has 2 atom stereocenters. The molecule has 3 nitrogen and oxygen atoms in total. The molecule has 0 fully saturated rings. The van der Waals surface area contributed by atoms with Crippen LogP contribution in [0, 0.1) is 0 Å². The van der Waals surface area contributed by atoms with Crippen molar-refractivity contribution in [2.75, 3.05) is 0 Å². The van der Waals surface area contributed by atoms with Gasteiger partial charge in [0.25, 0.3) is 0 Å². The van der Waals surface area contributed by atoms with Crippen molar-refractivity contribution in [3.63, 3.8) is 0 Å². The molecule has 0 aromatic heterocycles. The van der Waals surface area contributed by atoms with Gasteiger partial charge < -0.3 is 0 Å². The van der Waals surface area contributed by atoms with E-state index in [1.807, 2.05) is 6.92 Å². The van der Waals surface area contributed by atoms with Crippen LogP contribution in [0.2, 0.25) is 8.43 Å². The summed E-state index contributed by atoms with van der Waals surface area (Å²) in [6.45, 7) is 5.36. The Morgan fingerprint density at radius 2 is 2.18 bits per heavy atom. The molecular weight excluding hydrogens is 260 g/mol. The Kier molecular flexibility index (Phi) is 5.93. The molecule has 0 heterocycles. The summed E-state index contributed by atoms with van der Waals surface area (Å²) in [5.74, 6) is -0.260. The van der Waals surface area contributed by atoms with Crippen LogP contribution in [0.1, 0.15) is 20.8 Å². The van der Waals surface area contributed by atoms with Gasteiger partial charge in [0.1, 0.15) is 0 Å². The quantitative estimate of drug-likeness (QED) is 0.469. The van der Waals surface area contributed by atoms with Gasteiger partial charge in [-0.3, -0.25) is 0 Å². The number of esters is 1. The second-order valence-corrected chi connectivity index (χ2v) is 6.75. The van der Waals surface area contributed by atoms with Gasteiger partial charge in [0.05, 0.1) is 0 Å². The van der Waals surface area contributed by atoms with Crippen molar-refractivity contribution in [2.24, 2.45) is 0 Å². The first-order valence-corrected chi connectivity index (χ1v) is 6.57. The van der Waals surface area contributed by atoms with E-state index < -0.39 is 6.29 Å². The average molecular weight is 274 g/mol. The molecule has 0 saturated heterocycles. The van der Waals surface area contributed by atoms with Crippen LogP contribution >= 0.6 is 0 Å². The predicted octanol–water partition coefficient (Wildman–Crippen LogP) is 0.819. The van der Waals surface area contributed by atoms with E-state index in [-0.39, 0.29) is 30.9 Å². The zero-order valence-electron chi connectivity index (χ0n) is 7.03. The third-order valence-electron chi connectivity index (χ3n) is 1.04. The van der Waals surface area contributed by atoms with E-state index in [4.69, 9.17) is 5.11 Å². The summed E-state index contributed by atoms with van der Waals surface area (Å²) >= 11 is -0.257. The zero-order valence-corrected chi connectivity index (χ0v) is 9.36. The molecule has 0 rings (SSSR count). The van der Waals surface area contributed by atoms with Crippen LogP contribution in [0.15, 0.2) is 0 Å². The monoisotopic (exact) mass is 276 g/mol. The van der Waals surface area contributed by atoms with Crippen molar-refractivity contribution in [1.29, 1.82) is 0 Å². The van der Waals surface area contributed by atoms with Gasteiger partial charge in [-0.15, -0.1) is 0 Å². The molecule has 0 radical (unpaired) electrons. The molecule has 0 bridgehead atoms. The third-order valence-corrected chi connectivity index (χ3v) is 3.96. The predicted molar refractivity (Wildman–Crippen MR) is 43.4 cm³/mol. The number of ether oxygens (including phenoxy) is 1. The number of carbonyl (C=O) groups excluding carboxylic acids is 1. The first-order valence-electron chi connectivity index (χ1n) is 3.58. The zero-order chi connectivity index (χ0) is 8.85. The number of carbonyl (C=O) groups is 1. The average Bonchev–Trinajstić information content (AvgIpc) is 1.86. The molecule has 0 aromatic rings. The number of hydrogen-bond donors (Lipinski definition) is 1. The summed E-state index contributed by atoms with van der Waals surface area (Å²) in [6, 6.07) is 0. The molecule has 2 unspecified atom stereocenters. The van der Waals surface area contributed by atoms with Gasteiger partial charge in [0.15, 0.2) is 0 Å². The van der Waals surface area contributed by atoms with Crippen LogP contribution in [-0.4, -0.2) is 38.3 Å². The molecular formula is C7H14O3Te. The van der Waals surface area contributed by atoms with Crippen LogP contribution in [0.4, 0.5) is 0 Å². The summed E-state index contributed by atoms with van der Waals surface area (Å²) in [6.07, 6.45) is -0.964. The van der Waals surface area contributed by atoms with Gasteiger partial charge in [-0.05, 0) is 0 Å². The molecule has 4 heteroatoms. The van der Waals surface area contributed by atoms with E-state index in [2.05, 4.69) is 11.7 Å². The van der Waals surface area contributed by atoms with Gasteiger partial charge in [-0.1, -0.05) is 0 Å². The van der Waals surface area contributed by atoms with Crippen molar-refractivity contribution in [2.45, 2.75) is 35.5 Å². The van der Waals surface area contributed by atoms with Crippen molar-refractivity contribution in [3.8, 4) is 0 Å². The molecule has 0 spiro atoms. The second-order valence-electron chi connectivity index (χ2n) is 2.13. The Morgan fingerprint density at radius 3 is 2.55 bits per heavy atom. The van der Waals surface area contributed by atoms with Crippen molar-refractivity contribution in [3.05, 3.63) is 0 Å². The van der Waals surface area contributed by atoms with E-state index in [0.717, 1.165) is 4.47 Å². The van der Waals surface area contributed by atoms with Crippen LogP contribution in [0.3, 0.4) is 0 Å². The topological polar surface area (TPSA) is 46.5 Å². The first-order chi connectivity index (χ1) is 5.07. The molecule has 0 aromatic carbocycles. The van der Waals surface area contributed by atoms with Crippen molar-refractivity contribution < 1.29 is 14.6 Å². The molecule has 0 aliphatic heterocycles. The standard InChI is InChI=1S/C7H14O3Te/c1-4-11-5(2)7(9)10-6(3)8/h5-6,8H,4H2,1-3H3. The Morgan fingerprint density at radius 1 is 1.64 bits per heavy atom. The van der Waals surface area contributed by atoms with E-state index >= 15 is 0 Å². The van der Waals surface area contributed by atoms with Crippen LogP contribution in [-0.2, 0) is 9.53 Å². The summed E-state index contributed by atoms with van der Waals surface area (Å²) in [7, 11) is 0. The fourth-order valence-electron chi connectivity index (χ4n) is 0.582. The van der Waals surface area contributed by atoms with Gasteiger partial charge in [0, 0.05) is 0 Å². The van der Waals surface area contributed by atoms with Gasteiger partial charge >= 0.3 is 77.0 Å². The minimum atomic E-state index is -0.964.